The summed E-state index contributed by atoms with van der Waals surface area (Å²) in [5.74, 6) is 0.584. The van der Waals surface area contributed by atoms with Gasteiger partial charge in [-0.3, -0.25) is 4.98 Å². The number of aromatic nitrogens is 2. The quantitative estimate of drug-likeness (QED) is 0.789. The van der Waals surface area contributed by atoms with Gasteiger partial charge in [0.25, 0.3) is 0 Å². The summed E-state index contributed by atoms with van der Waals surface area (Å²) >= 11 is 0. The molecule has 0 N–H and O–H groups in total. The van der Waals surface area contributed by atoms with Crippen LogP contribution in [-0.4, -0.2) is 44.7 Å². The van der Waals surface area contributed by atoms with Gasteiger partial charge in [-0.25, -0.2) is 9.78 Å². The Morgan fingerprint density at radius 3 is 2.42 bits per heavy atom. The largest absolute Gasteiger partial charge is 0.473 e. The number of rotatable bonds is 5. The average Bonchev–Trinajstić information content (AvgIpc) is 2.84. The maximum absolute atomic E-state index is 12.5. The molecule has 3 rings (SSSR count). The highest BCUT2D eigenvalue weighted by Gasteiger charge is 2.45. The zero-order chi connectivity index (χ0) is 18.7. The van der Waals surface area contributed by atoms with Crippen LogP contribution in [0.4, 0.5) is 4.79 Å². The van der Waals surface area contributed by atoms with E-state index in [0.29, 0.717) is 5.88 Å². The van der Waals surface area contributed by atoms with E-state index in [2.05, 4.69) is 16.9 Å². The van der Waals surface area contributed by atoms with Gasteiger partial charge < -0.3 is 14.4 Å². The second-order valence-corrected chi connectivity index (χ2v) is 8.43. The number of hydrogen-bond acceptors (Lipinski definition) is 5. The number of carbonyl (C=O) groups is 1. The number of ether oxygens (including phenoxy) is 2. The van der Waals surface area contributed by atoms with Crippen LogP contribution in [0.25, 0.3) is 0 Å². The van der Waals surface area contributed by atoms with E-state index in [9.17, 15) is 4.79 Å². The molecule has 3 heterocycles. The molecule has 1 unspecified atom stereocenters. The molecule has 0 spiro atoms. The van der Waals surface area contributed by atoms with Crippen molar-refractivity contribution in [3.8, 4) is 5.88 Å². The van der Waals surface area contributed by atoms with Crippen molar-refractivity contribution in [3.63, 3.8) is 0 Å². The third-order valence-electron chi connectivity index (χ3n) is 5.05. The molecule has 2 bridgehead atoms. The Balaban J connectivity index is 1.56. The van der Waals surface area contributed by atoms with Gasteiger partial charge in [0.1, 0.15) is 11.7 Å². The van der Waals surface area contributed by atoms with Crippen molar-refractivity contribution in [2.75, 3.05) is 0 Å². The lowest BCUT2D eigenvalue weighted by Crippen LogP contribution is -2.50. The van der Waals surface area contributed by atoms with Gasteiger partial charge in [0.2, 0.25) is 5.88 Å². The van der Waals surface area contributed by atoms with Crippen molar-refractivity contribution in [2.24, 2.45) is 0 Å². The molecule has 1 aromatic heterocycles. The number of hydrogen-bond donors (Lipinski definition) is 0. The van der Waals surface area contributed by atoms with Crippen LogP contribution in [-0.2, 0) is 11.2 Å². The Bertz CT molecular complexity index is 598. The van der Waals surface area contributed by atoms with Gasteiger partial charge in [-0.15, -0.1) is 0 Å². The highest BCUT2D eigenvalue weighted by atomic mass is 16.6. The Morgan fingerprint density at radius 1 is 1.19 bits per heavy atom. The molecule has 2 aliphatic rings. The number of carbonyl (C=O) groups excluding carboxylic acids is 1. The number of nitrogens with zero attached hydrogens (tertiary/aromatic N) is 3. The first-order chi connectivity index (χ1) is 12.4. The average molecular weight is 361 g/mol. The van der Waals surface area contributed by atoms with E-state index in [1.54, 1.807) is 6.20 Å². The zero-order valence-corrected chi connectivity index (χ0v) is 16.4. The molecule has 0 saturated carbocycles. The number of unbranched alkanes of at least 4 members (excludes halogenated alkanes) is 1. The summed E-state index contributed by atoms with van der Waals surface area (Å²) in [5, 5.41) is 0. The van der Waals surface area contributed by atoms with Gasteiger partial charge >= 0.3 is 6.09 Å². The Labute approximate surface area is 156 Å². The number of fused-ring (bicyclic) bond motifs is 2. The fourth-order valence-corrected chi connectivity index (χ4v) is 3.90. The predicted molar refractivity (Wildman–Crippen MR) is 99.2 cm³/mol. The monoisotopic (exact) mass is 361 g/mol. The van der Waals surface area contributed by atoms with Crippen LogP contribution in [0.15, 0.2) is 12.4 Å². The summed E-state index contributed by atoms with van der Waals surface area (Å²) in [5.41, 5.74) is 0.554. The van der Waals surface area contributed by atoms with Gasteiger partial charge in [0.05, 0.1) is 18.1 Å². The maximum Gasteiger partial charge on any atom is 0.410 e. The summed E-state index contributed by atoms with van der Waals surface area (Å²) < 4.78 is 11.7. The lowest BCUT2D eigenvalue weighted by atomic mass is 10.0. The van der Waals surface area contributed by atoms with E-state index in [1.165, 1.54) is 0 Å². The van der Waals surface area contributed by atoms with Crippen LogP contribution in [0.5, 0.6) is 5.88 Å². The minimum Gasteiger partial charge on any atom is -0.473 e. The molecule has 6 heteroatoms. The fraction of sp³-hybridized carbons (Fsp3) is 0.750. The summed E-state index contributed by atoms with van der Waals surface area (Å²) in [4.78, 5) is 23.3. The third-order valence-corrected chi connectivity index (χ3v) is 5.05. The fourth-order valence-electron chi connectivity index (χ4n) is 3.90. The Kier molecular flexibility index (Phi) is 5.68. The summed E-state index contributed by atoms with van der Waals surface area (Å²) in [6, 6.07) is 0.399. The molecule has 2 aliphatic heterocycles. The van der Waals surface area contributed by atoms with Crippen LogP contribution in [0.3, 0.4) is 0 Å². The predicted octanol–water partition coefficient (Wildman–Crippen LogP) is 4.13. The minimum absolute atomic E-state index is 0.0852. The van der Waals surface area contributed by atoms with Gasteiger partial charge in [-0.1, -0.05) is 13.3 Å². The van der Waals surface area contributed by atoms with E-state index in [1.807, 2.05) is 31.9 Å². The lowest BCUT2D eigenvalue weighted by Gasteiger charge is -2.39. The molecule has 1 amide bonds. The molecule has 144 valence electrons. The molecule has 3 atom stereocenters. The summed E-state index contributed by atoms with van der Waals surface area (Å²) in [6.07, 6.45) is 10.4. The van der Waals surface area contributed by atoms with Crippen LogP contribution in [0.2, 0.25) is 0 Å². The first kappa shape index (κ1) is 18.9. The van der Waals surface area contributed by atoms with E-state index in [-0.39, 0.29) is 24.3 Å². The topological polar surface area (TPSA) is 64.5 Å². The molecule has 2 fully saturated rings. The molecule has 6 nitrogen and oxygen atoms in total. The molecule has 0 radical (unpaired) electrons. The van der Waals surface area contributed by atoms with Crippen LogP contribution >= 0.6 is 0 Å². The summed E-state index contributed by atoms with van der Waals surface area (Å²) in [6.45, 7) is 7.89. The molecule has 0 aromatic carbocycles. The van der Waals surface area contributed by atoms with Crippen molar-refractivity contribution in [1.82, 2.24) is 14.9 Å². The van der Waals surface area contributed by atoms with Crippen LogP contribution < -0.4 is 4.74 Å². The normalized spacial score (nSPS) is 25.2. The molecule has 1 aromatic rings. The number of piperidine rings is 1. The third kappa shape index (κ3) is 4.65. The van der Waals surface area contributed by atoms with Gasteiger partial charge in [-0.05, 0) is 46.5 Å². The standard InChI is InChI=1S/C20H31N3O3/c1-5-6-7-14-12-22-18(13-21-14)25-17-10-15-8-9-16(11-17)23(15)19(24)26-20(2,3)4/h12-13,15-17H,5-11H2,1-4H3/t15-,16+,17?. The van der Waals surface area contributed by atoms with Crippen LogP contribution in [0, 0.1) is 0 Å². The van der Waals surface area contributed by atoms with E-state index >= 15 is 0 Å². The smallest absolute Gasteiger partial charge is 0.410 e. The molecular formula is C20H31N3O3. The minimum atomic E-state index is -0.459. The Hall–Kier alpha value is -1.85. The Morgan fingerprint density at radius 2 is 1.88 bits per heavy atom. The lowest BCUT2D eigenvalue weighted by molar-refractivity contribution is -0.00765. The maximum atomic E-state index is 12.5. The van der Waals surface area contributed by atoms with Gasteiger partial charge in [0.15, 0.2) is 0 Å². The second kappa shape index (κ2) is 7.80. The number of aryl methyl sites for hydroxylation is 1. The molecule has 2 saturated heterocycles. The highest BCUT2D eigenvalue weighted by molar-refractivity contribution is 5.69. The van der Waals surface area contributed by atoms with E-state index in [4.69, 9.17) is 9.47 Å². The van der Waals surface area contributed by atoms with Crippen molar-refractivity contribution in [2.45, 2.75) is 96.4 Å². The second-order valence-electron chi connectivity index (χ2n) is 8.43. The highest BCUT2D eigenvalue weighted by Crippen LogP contribution is 2.38. The first-order valence-corrected chi connectivity index (χ1v) is 9.84. The van der Waals surface area contributed by atoms with Crippen molar-refractivity contribution in [1.29, 1.82) is 0 Å². The van der Waals surface area contributed by atoms with Crippen LogP contribution in [0.1, 0.15) is 71.9 Å². The van der Waals surface area contributed by atoms with E-state index in [0.717, 1.165) is 50.6 Å². The van der Waals surface area contributed by atoms with Crippen molar-refractivity contribution >= 4 is 6.09 Å². The SMILES string of the molecule is CCCCc1cnc(OC2C[C@H]3CC[C@@H](C2)N3C(=O)OC(C)(C)C)cn1. The molecule has 0 aliphatic carbocycles. The van der Waals surface area contributed by atoms with Crippen molar-refractivity contribution in [3.05, 3.63) is 18.1 Å². The molecule has 26 heavy (non-hydrogen) atoms. The summed E-state index contributed by atoms with van der Waals surface area (Å²) in [7, 11) is 0. The van der Waals surface area contributed by atoms with Gasteiger partial charge in [0, 0.05) is 24.9 Å². The zero-order valence-electron chi connectivity index (χ0n) is 16.4. The van der Waals surface area contributed by atoms with Gasteiger partial charge in [-0.2, -0.15) is 0 Å². The first-order valence-electron chi connectivity index (χ1n) is 9.84. The number of amides is 1. The van der Waals surface area contributed by atoms with E-state index < -0.39 is 5.60 Å². The molecular weight excluding hydrogens is 330 g/mol. The van der Waals surface area contributed by atoms with Crippen molar-refractivity contribution < 1.29 is 14.3 Å².